The van der Waals surface area contributed by atoms with E-state index in [9.17, 15) is 9.59 Å². The summed E-state index contributed by atoms with van der Waals surface area (Å²) >= 11 is 6.03. The standard InChI is InChI=1S/C21H27ClN4O3/c1-2-29-20(28)21(7-8-21)26-14-4-5-15(23)17(11-14)25-19(27)18-10-12-9-13(22)3-6-16(12)24-18/h3,6,9-10,14-15,17,24,26H,2,4-5,7-8,11,23H2,1H3,(H,25,27). The van der Waals surface area contributed by atoms with Gasteiger partial charge in [0.15, 0.2) is 0 Å². The number of aromatic nitrogens is 1. The molecule has 0 radical (unpaired) electrons. The van der Waals surface area contributed by atoms with Crippen LogP contribution in [0.3, 0.4) is 0 Å². The van der Waals surface area contributed by atoms with Crippen molar-refractivity contribution in [1.29, 1.82) is 0 Å². The van der Waals surface area contributed by atoms with E-state index in [0.29, 0.717) is 23.7 Å². The molecule has 3 unspecified atom stereocenters. The highest BCUT2D eigenvalue weighted by molar-refractivity contribution is 6.31. The van der Waals surface area contributed by atoms with E-state index in [2.05, 4.69) is 15.6 Å². The molecule has 1 aromatic heterocycles. The second-order valence-corrected chi connectivity index (χ2v) is 8.55. The van der Waals surface area contributed by atoms with E-state index < -0.39 is 5.54 Å². The van der Waals surface area contributed by atoms with Gasteiger partial charge in [-0.2, -0.15) is 0 Å². The van der Waals surface area contributed by atoms with Crippen LogP contribution in [-0.2, 0) is 9.53 Å². The second-order valence-electron chi connectivity index (χ2n) is 8.12. The van der Waals surface area contributed by atoms with E-state index in [1.54, 1.807) is 12.1 Å². The number of nitrogens with two attached hydrogens (primary N) is 1. The number of rotatable bonds is 6. The summed E-state index contributed by atoms with van der Waals surface area (Å²) in [6.45, 7) is 2.20. The number of carbonyl (C=O) groups excluding carboxylic acids is 2. The number of amides is 1. The number of benzene rings is 1. The van der Waals surface area contributed by atoms with Crippen LogP contribution in [0, 0.1) is 0 Å². The summed E-state index contributed by atoms with van der Waals surface area (Å²) < 4.78 is 5.21. The molecule has 7 nitrogen and oxygen atoms in total. The van der Waals surface area contributed by atoms with Gasteiger partial charge < -0.3 is 20.8 Å². The van der Waals surface area contributed by atoms with Crippen LogP contribution >= 0.6 is 11.6 Å². The van der Waals surface area contributed by atoms with Gasteiger partial charge in [0, 0.05) is 34.1 Å². The molecule has 1 aromatic carbocycles. The van der Waals surface area contributed by atoms with Crippen molar-refractivity contribution in [3.05, 3.63) is 35.0 Å². The van der Waals surface area contributed by atoms with Crippen LogP contribution in [0.5, 0.6) is 0 Å². The van der Waals surface area contributed by atoms with E-state index in [0.717, 1.165) is 36.6 Å². The quantitative estimate of drug-likeness (QED) is 0.539. The lowest BCUT2D eigenvalue weighted by molar-refractivity contribution is -0.147. The Labute approximate surface area is 174 Å². The first-order chi connectivity index (χ1) is 13.9. The molecule has 0 aliphatic heterocycles. The highest BCUT2D eigenvalue weighted by atomic mass is 35.5. The predicted octanol–water partition coefficient (Wildman–Crippen LogP) is 2.48. The van der Waals surface area contributed by atoms with Crippen molar-refractivity contribution in [1.82, 2.24) is 15.6 Å². The monoisotopic (exact) mass is 418 g/mol. The van der Waals surface area contributed by atoms with Gasteiger partial charge in [-0.15, -0.1) is 0 Å². The van der Waals surface area contributed by atoms with E-state index in [1.165, 1.54) is 0 Å². The molecule has 2 fully saturated rings. The van der Waals surface area contributed by atoms with Gasteiger partial charge in [0.25, 0.3) is 5.91 Å². The Hall–Kier alpha value is -2.09. The van der Waals surface area contributed by atoms with Crippen molar-refractivity contribution >= 4 is 34.4 Å². The molecule has 1 amide bonds. The predicted molar refractivity (Wildman–Crippen MR) is 112 cm³/mol. The van der Waals surface area contributed by atoms with Gasteiger partial charge in [-0.3, -0.25) is 14.9 Å². The lowest BCUT2D eigenvalue weighted by Crippen LogP contribution is -2.57. The Kier molecular flexibility index (Phi) is 5.55. The summed E-state index contributed by atoms with van der Waals surface area (Å²) in [7, 11) is 0. The van der Waals surface area contributed by atoms with Crippen LogP contribution < -0.4 is 16.4 Å². The molecule has 2 aliphatic rings. The molecule has 2 saturated carbocycles. The molecule has 4 rings (SSSR count). The third-order valence-electron chi connectivity index (χ3n) is 5.94. The SMILES string of the molecule is CCOC(=O)C1(NC2CCC(N)C(NC(=O)c3cc4cc(Cl)ccc4[nH]3)C2)CC1. The number of fused-ring (bicyclic) bond motifs is 1. The molecule has 2 aliphatic carbocycles. The van der Waals surface area contributed by atoms with Gasteiger partial charge in [-0.05, 0) is 63.3 Å². The zero-order valence-corrected chi connectivity index (χ0v) is 17.2. The van der Waals surface area contributed by atoms with Gasteiger partial charge in [0.1, 0.15) is 11.2 Å². The molecule has 3 atom stereocenters. The molecule has 8 heteroatoms. The number of H-pyrrole nitrogens is 1. The van der Waals surface area contributed by atoms with Crippen molar-refractivity contribution in [2.75, 3.05) is 6.61 Å². The van der Waals surface area contributed by atoms with E-state index in [4.69, 9.17) is 22.1 Å². The highest BCUT2D eigenvalue weighted by Gasteiger charge is 2.52. The third kappa shape index (κ3) is 4.27. The lowest BCUT2D eigenvalue weighted by Gasteiger charge is -2.36. The fourth-order valence-corrected chi connectivity index (χ4v) is 4.34. The van der Waals surface area contributed by atoms with Gasteiger partial charge in [-0.1, -0.05) is 11.6 Å². The Morgan fingerprint density at radius 2 is 2.10 bits per heavy atom. The van der Waals surface area contributed by atoms with Crippen LogP contribution in [0.15, 0.2) is 24.3 Å². The summed E-state index contributed by atoms with van der Waals surface area (Å²) in [5, 5.41) is 8.06. The number of carbonyl (C=O) groups is 2. The van der Waals surface area contributed by atoms with Crippen LogP contribution in [0.1, 0.15) is 49.5 Å². The summed E-state index contributed by atoms with van der Waals surface area (Å²) in [5.41, 5.74) is 7.08. The summed E-state index contributed by atoms with van der Waals surface area (Å²) in [5.74, 6) is -0.364. The van der Waals surface area contributed by atoms with Crippen molar-refractivity contribution in [2.45, 2.75) is 62.7 Å². The fraction of sp³-hybridized carbons (Fsp3) is 0.524. The van der Waals surface area contributed by atoms with Crippen molar-refractivity contribution in [3.8, 4) is 0 Å². The Balaban J connectivity index is 1.40. The van der Waals surface area contributed by atoms with Crippen molar-refractivity contribution < 1.29 is 14.3 Å². The Morgan fingerprint density at radius 3 is 2.83 bits per heavy atom. The van der Waals surface area contributed by atoms with Crippen molar-refractivity contribution in [3.63, 3.8) is 0 Å². The normalized spacial score (nSPS) is 25.6. The molecule has 0 spiro atoms. The first kappa shape index (κ1) is 20.2. The maximum absolute atomic E-state index is 12.8. The third-order valence-corrected chi connectivity index (χ3v) is 6.18. The van der Waals surface area contributed by atoms with E-state index >= 15 is 0 Å². The molecule has 156 valence electrons. The first-order valence-electron chi connectivity index (χ1n) is 10.2. The molecule has 0 saturated heterocycles. The maximum Gasteiger partial charge on any atom is 0.326 e. The first-order valence-corrected chi connectivity index (χ1v) is 10.6. The Bertz CT molecular complexity index is 924. The molecular formula is C21H27ClN4O3. The molecular weight excluding hydrogens is 392 g/mol. The van der Waals surface area contributed by atoms with E-state index in [1.807, 2.05) is 19.1 Å². The van der Waals surface area contributed by atoms with Crippen LogP contribution in [0.2, 0.25) is 5.02 Å². The number of ether oxygens (including phenoxy) is 1. The van der Waals surface area contributed by atoms with Crippen LogP contribution in [0.25, 0.3) is 10.9 Å². The lowest BCUT2D eigenvalue weighted by atomic mass is 9.86. The zero-order valence-electron chi connectivity index (χ0n) is 16.5. The maximum atomic E-state index is 12.8. The minimum Gasteiger partial charge on any atom is -0.465 e. The average molecular weight is 419 g/mol. The number of esters is 1. The molecule has 2 aromatic rings. The number of hydrogen-bond acceptors (Lipinski definition) is 5. The number of halogens is 1. The van der Waals surface area contributed by atoms with Gasteiger partial charge in [-0.25, -0.2) is 0 Å². The minimum absolute atomic E-state index is 0.117. The average Bonchev–Trinajstić information content (AvgIpc) is 3.34. The second kappa shape index (κ2) is 7.97. The summed E-state index contributed by atoms with van der Waals surface area (Å²) in [6.07, 6.45) is 3.93. The smallest absolute Gasteiger partial charge is 0.326 e. The largest absolute Gasteiger partial charge is 0.465 e. The van der Waals surface area contributed by atoms with Crippen molar-refractivity contribution in [2.24, 2.45) is 5.73 Å². The molecule has 29 heavy (non-hydrogen) atoms. The van der Waals surface area contributed by atoms with Gasteiger partial charge >= 0.3 is 5.97 Å². The number of nitrogens with one attached hydrogen (secondary N) is 3. The highest BCUT2D eigenvalue weighted by Crippen LogP contribution is 2.38. The Morgan fingerprint density at radius 1 is 1.31 bits per heavy atom. The molecule has 0 bridgehead atoms. The van der Waals surface area contributed by atoms with Gasteiger partial charge in [0.2, 0.25) is 0 Å². The summed E-state index contributed by atoms with van der Waals surface area (Å²) in [4.78, 5) is 28.1. The van der Waals surface area contributed by atoms with Crippen LogP contribution in [-0.4, -0.2) is 47.1 Å². The summed E-state index contributed by atoms with van der Waals surface area (Å²) in [6, 6.07) is 7.09. The number of hydrogen-bond donors (Lipinski definition) is 4. The topological polar surface area (TPSA) is 109 Å². The van der Waals surface area contributed by atoms with Gasteiger partial charge in [0.05, 0.1) is 6.61 Å². The minimum atomic E-state index is -0.548. The molecule has 5 N–H and O–H groups in total. The fourth-order valence-electron chi connectivity index (χ4n) is 4.16. The van der Waals surface area contributed by atoms with Crippen LogP contribution in [0.4, 0.5) is 0 Å². The van der Waals surface area contributed by atoms with E-state index in [-0.39, 0.29) is 30.0 Å². The number of aromatic amines is 1. The molecule has 1 heterocycles. The zero-order chi connectivity index (χ0) is 20.6.